The maximum atomic E-state index is 12.0. The summed E-state index contributed by atoms with van der Waals surface area (Å²) in [5, 5.41) is 13.3. The Labute approximate surface area is 155 Å². The van der Waals surface area contributed by atoms with Crippen LogP contribution in [-0.2, 0) is 20.1 Å². The highest BCUT2D eigenvalue weighted by Gasteiger charge is 2.40. The van der Waals surface area contributed by atoms with Gasteiger partial charge >= 0.3 is 5.97 Å². The minimum atomic E-state index is -0.919. The lowest BCUT2D eigenvalue weighted by Crippen LogP contribution is -2.46. The van der Waals surface area contributed by atoms with Gasteiger partial charge in [-0.3, -0.25) is 9.59 Å². The van der Waals surface area contributed by atoms with E-state index in [2.05, 4.69) is 5.32 Å². The first-order valence-corrected chi connectivity index (χ1v) is 9.43. The number of ether oxygens (including phenoxy) is 1. The molecule has 1 fully saturated rings. The highest BCUT2D eigenvalue weighted by atomic mass is 35.5. The van der Waals surface area contributed by atoms with Crippen LogP contribution in [0, 0.1) is 5.41 Å². The van der Waals surface area contributed by atoms with E-state index >= 15 is 0 Å². The fourth-order valence-electron chi connectivity index (χ4n) is 2.44. The number of halogens is 2. The molecule has 5 nitrogen and oxygen atoms in total. The first-order chi connectivity index (χ1) is 11.4. The topological polar surface area (TPSA) is 75.6 Å². The van der Waals surface area contributed by atoms with Crippen molar-refractivity contribution in [2.24, 2.45) is 5.41 Å². The third-order valence-electron chi connectivity index (χ3n) is 4.03. The summed E-state index contributed by atoms with van der Waals surface area (Å²) in [5.41, 5.74) is -0.0109. The van der Waals surface area contributed by atoms with Gasteiger partial charge in [-0.2, -0.15) is 0 Å². The van der Waals surface area contributed by atoms with Crippen molar-refractivity contribution in [3.63, 3.8) is 0 Å². The van der Waals surface area contributed by atoms with Crippen LogP contribution in [0.3, 0.4) is 0 Å². The van der Waals surface area contributed by atoms with E-state index in [1.54, 1.807) is 12.1 Å². The SMILES string of the molecule is O=C(CSCc1ccc(Cl)cc1Cl)NCC1(C(=O)O)CCOCC1. The number of thioether (sulfide) groups is 1. The molecule has 2 rings (SSSR count). The maximum absolute atomic E-state index is 12.0. The van der Waals surface area contributed by atoms with E-state index < -0.39 is 11.4 Å². The second-order valence-corrected chi connectivity index (χ2v) is 7.53. The normalized spacial score (nSPS) is 16.6. The third kappa shape index (κ3) is 5.28. The van der Waals surface area contributed by atoms with E-state index in [9.17, 15) is 14.7 Å². The molecule has 0 aromatic heterocycles. The van der Waals surface area contributed by atoms with Gasteiger partial charge in [0.15, 0.2) is 0 Å². The van der Waals surface area contributed by atoms with E-state index in [1.165, 1.54) is 11.8 Å². The summed E-state index contributed by atoms with van der Waals surface area (Å²) in [7, 11) is 0. The summed E-state index contributed by atoms with van der Waals surface area (Å²) in [6, 6.07) is 5.25. The molecule has 0 aliphatic carbocycles. The molecule has 1 aliphatic rings. The monoisotopic (exact) mass is 391 g/mol. The molecule has 24 heavy (non-hydrogen) atoms. The molecule has 1 aliphatic heterocycles. The van der Waals surface area contributed by atoms with Gasteiger partial charge in [0.05, 0.1) is 11.2 Å². The van der Waals surface area contributed by atoms with Crippen LogP contribution in [0.4, 0.5) is 0 Å². The fourth-order valence-corrected chi connectivity index (χ4v) is 3.86. The van der Waals surface area contributed by atoms with Crippen molar-refractivity contribution in [1.82, 2.24) is 5.32 Å². The average molecular weight is 392 g/mol. The van der Waals surface area contributed by atoms with Gasteiger partial charge in [0.1, 0.15) is 0 Å². The molecule has 1 amide bonds. The van der Waals surface area contributed by atoms with Crippen LogP contribution in [0.1, 0.15) is 18.4 Å². The Morgan fingerprint density at radius 3 is 2.62 bits per heavy atom. The first-order valence-electron chi connectivity index (χ1n) is 7.52. The molecule has 2 N–H and O–H groups in total. The molecule has 132 valence electrons. The molecule has 1 saturated heterocycles. The standard InChI is InChI=1S/C16H19Cl2NO4S/c17-12-2-1-11(13(18)7-12)8-24-9-14(20)19-10-16(15(21)22)3-5-23-6-4-16/h1-2,7H,3-6,8-10H2,(H,19,20)(H,21,22). The zero-order valence-corrected chi connectivity index (χ0v) is 15.3. The summed E-state index contributed by atoms with van der Waals surface area (Å²) in [6.07, 6.45) is 0.826. The van der Waals surface area contributed by atoms with Crippen LogP contribution in [-0.4, -0.2) is 42.5 Å². The van der Waals surface area contributed by atoms with E-state index in [0.29, 0.717) is 41.9 Å². The van der Waals surface area contributed by atoms with E-state index in [0.717, 1.165) is 5.56 Å². The van der Waals surface area contributed by atoms with Crippen LogP contribution in [0.5, 0.6) is 0 Å². The fraction of sp³-hybridized carbons (Fsp3) is 0.500. The Morgan fingerprint density at radius 1 is 1.29 bits per heavy atom. The van der Waals surface area contributed by atoms with Crippen LogP contribution in [0.15, 0.2) is 18.2 Å². The summed E-state index contributed by atoms with van der Waals surface area (Å²) in [5.74, 6) is -0.240. The van der Waals surface area contributed by atoms with Gasteiger partial charge in [0, 0.05) is 35.6 Å². The molecule has 1 heterocycles. The van der Waals surface area contributed by atoms with E-state index in [4.69, 9.17) is 27.9 Å². The van der Waals surface area contributed by atoms with Crippen molar-refractivity contribution < 1.29 is 19.4 Å². The molecular formula is C16H19Cl2NO4S. The number of hydrogen-bond acceptors (Lipinski definition) is 4. The summed E-state index contributed by atoms with van der Waals surface area (Å²) < 4.78 is 5.21. The second kappa shape index (κ2) is 8.94. The molecule has 1 aromatic rings. The number of carboxylic acid groups (broad SMARTS) is 1. The molecule has 0 spiro atoms. The third-order valence-corrected chi connectivity index (χ3v) is 5.60. The minimum absolute atomic E-state index is 0.132. The molecule has 0 saturated carbocycles. The van der Waals surface area contributed by atoms with Gasteiger partial charge in [0.25, 0.3) is 0 Å². The van der Waals surface area contributed by atoms with Crippen molar-refractivity contribution in [3.8, 4) is 0 Å². The minimum Gasteiger partial charge on any atom is -0.481 e. The van der Waals surface area contributed by atoms with Gasteiger partial charge in [-0.05, 0) is 30.5 Å². The predicted molar refractivity (Wildman–Crippen MR) is 95.8 cm³/mol. The van der Waals surface area contributed by atoms with Crippen molar-refractivity contribution in [1.29, 1.82) is 0 Å². The number of aliphatic carboxylic acids is 1. The van der Waals surface area contributed by atoms with E-state index in [1.807, 2.05) is 6.07 Å². The Bertz CT molecular complexity index is 606. The summed E-state index contributed by atoms with van der Waals surface area (Å²) in [4.78, 5) is 23.5. The zero-order chi connectivity index (χ0) is 17.6. The van der Waals surface area contributed by atoms with Gasteiger partial charge in [0.2, 0.25) is 5.91 Å². The number of rotatable bonds is 7. The molecule has 0 bridgehead atoms. The van der Waals surface area contributed by atoms with Gasteiger partial charge in [-0.15, -0.1) is 11.8 Å². The van der Waals surface area contributed by atoms with Gasteiger partial charge in [-0.25, -0.2) is 0 Å². The number of hydrogen-bond donors (Lipinski definition) is 2. The average Bonchev–Trinajstić information content (AvgIpc) is 2.56. The lowest BCUT2D eigenvalue weighted by Gasteiger charge is -2.33. The van der Waals surface area contributed by atoms with Crippen LogP contribution in [0.2, 0.25) is 10.0 Å². The number of benzene rings is 1. The highest BCUT2D eigenvalue weighted by Crippen LogP contribution is 2.30. The van der Waals surface area contributed by atoms with Crippen LogP contribution < -0.4 is 5.32 Å². The van der Waals surface area contributed by atoms with Crippen molar-refractivity contribution >= 4 is 46.8 Å². The largest absolute Gasteiger partial charge is 0.481 e. The number of amides is 1. The molecule has 0 radical (unpaired) electrons. The highest BCUT2D eigenvalue weighted by molar-refractivity contribution is 7.99. The Morgan fingerprint density at radius 2 is 2.00 bits per heavy atom. The molecule has 8 heteroatoms. The number of carbonyl (C=O) groups excluding carboxylic acids is 1. The lowest BCUT2D eigenvalue weighted by atomic mass is 9.80. The number of carbonyl (C=O) groups is 2. The molecule has 1 aromatic carbocycles. The lowest BCUT2D eigenvalue weighted by molar-refractivity contribution is -0.154. The maximum Gasteiger partial charge on any atom is 0.311 e. The smallest absolute Gasteiger partial charge is 0.311 e. The quantitative estimate of drug-likeness (QED) is 0.745. The van der Waals surface area contributed by atoms with Crippen molar-refractivity contribution in [2.75, 3.05) is 25.5 Å². The summed E-state index contributed by atoms with van der Waals surface area (Å²) in [6.45, 7) is 0.949. The second-order valence-electron chi connectivity index (χ2n) is 5.70. The number of carboxylic acids is 1. The van der Waals surface area contributed by atoms with Gasteiger partial charge < -0.3 is 15.2 Å². The van der Waals surface area contributed by atoms with Crippen LogP contribution in [0.25, 0.3) is 0 Å². The summed E-state index contributed by atoms with van der Waals surface area (Å²) >= 11 is 13.3. The van der Waals surface area contributed by atoms with Crippen LogP contribution >= 0.6 is 35.0 Å². The number of nitrogens with one attached hydrogen (secondary N) is 1. The molecular weight excluding hydrogens is 373 g/mol. The Balaban J connectivity index is 1.77. The first kappa shape index (κ1) is 19.4. The van der Waals surface area contributed by atoms with Crippen molar-refractivity contribution in [3.05, 3.63) is 33.8 Å². The molecule has 0 atom stereocenters. The zero-order valence-electron chi connectivity index (χ0n) is 13.0. The van der Waals surface area contributed by atoms with Crippen molar-refractivity contribution in [2.45, 2.75) is 18.6 Å². The molecule has 0 unspecified atom stereocenters. The predicted octanol–water partition coefficient (Wildman–Crippen LogP) is 3.22. The van der Waals surface area contributed by atoms with Gasteiger partial charge in [-0.1, -0.05) is 29.3 Å². The van der Waals surface area contributed by atoms with E-state index in [-0.39, 0.29) is 18.2 Å². The Hall–Kier alpha value is -0.950. The Kier molecular flexibility index (Phi) is 7.22.